The summed E-state index contributed by atoms with van der Waals surface area (Å²) in [5.41, 5.74) is 3.02. The van der Waals surface area contributed by atoms with Crippen LogP contribution in [0, 0.1) is 13.8 Å². The third-order valence-electron chi connectivity index (χ3n) is 4.39. The topological polar surface area (TPSA) is 40.5 Å². The Bertz CT molecular complexity index is 779. The summed E-state index contributed by atoms with van der Waals surface area (Å²) < 4.78 is 13.6. The van der Waals surface area contributed by atoms with Crippen LogP contribution in [0.1, 0.15) is 48.1 Å². The number of ketones is 1. The molecule has 5 heteroatoms. The Labute approximate surface area is 153 Å². The minimum Gasteiger partial charge on any atom is -0.490 e. The molecular weight excluding hydrogens is 334 g/mol. The minimum absolute atomic E-state index is 0.164. The van der Waals surface area contributed by atoms with Crippen molar-refractivity contribution in [2.45, 2.75) is 45.1 Å². The molecule has 1 aromatic heterocycles. The number of carbonyl (C=O) groups excluding carboxylic acids is 1. The maximum Gasteiger partial charge on any atom is 0.174 e. The van der Waals surface area contributed by atoms with Crippen LogP contribution in [0.2, 0.25) is 0 Å². The molecule has 0 bridgehead atoms. The molecule has 1 aliphatic rings. The molecule has 1 aliphatic heterocycles. The van der Waals surface area contributed by atoms with E-state index in [4.69, 9.17) is 9.47 Å². The van der Waals surface area contributed by atoms with Crippen molar-refractivity contribution in [2.75, 3.05) is 19.0 Å². The summed E-state index contributed by atoms with van der Waals surface area (Å²) in [4.78, 5) is 13.7. The molecule has 0 amide bonds. The van der Waals surface area contributed by atoms with Gasteiger partial charge in [0, 0.05) is 34.3 Å². The Morgan fingerprint density at radius 2 is 1.88 bits per heavy atom. The van der Waals surface area contributed by atoms with Crippen molar-refractivity contribution in [3.8, 4) is 11.5 Å². The fraction of sp³-hybridized carbons (Fsp3) is 0.450. The predicted octanol–water partition coefficient (Wildman–Crippen LogP) is 4.82. The molecule has 0 fully saturated rings. The summed E-state index contributed by atoms with van der Waals surface area (Å²) in [6.07, 6.45) is 0.890. The SMILES string of the molecule is Cc1cc(C(=O)CSc2ccc3c(c2)OCCCO3)c(C)n1C(C)C. The van der Waals surface area contributed by atoms with Gasteiger partial charge in [-0.15, -0.1) is 11.8 Å². The third-order valence-corrected chi connectivity index (χ3v) is 5.38. The van der Waals surface area contributed by atoms with Crippen LogP contribution in [-0.2, 0) is 0 Å². The van der Waals surface area contributed by atoms with Gasteiger partial charge in [-0.2, -0.15) is 0 Å². The lowest BCUT2D eigenvalue weighted by atomic mass is 10.2. The zero-order valence-electron chi connectivity index (χ0n) is 15.3. The van der Waals surface area contributed by atoms with Crippen molar-refractivity contribution in [1.29, 1.82) is 0 Å². The molecule has 4 nitrogen and oxygen atoms in total. The van der Waals surface area contributed by atoms with Gasteiger partial charge >= 0.3 is 0 Å². The zero-order chi connectivity index (χ0) is 18.0. The molecular formula is C20H25NO3S. The first kappa shape index (κ1) is 17.9. The van der Waals surface area contributed by atoms with Crippen LogP contribution in [0.5, 0.6) is 11.5 Å². The van der Waals surface area contributed by atoms with Crippen molar-refractivity contribution < 1.29 is 14.3 Å². The maximum atomic E-state index is 12.7. The van der Waals surface area contributed by atoms with Gasteiger partial charge in [0.15, 0.2) is 17.3 Å². The van der Waals surface area contributed by atoms with E-state index in [2.05, 4.69) is 25.3 Å². The fourth-order valence-electron chi connectivity index (χ4n) is 3.31. The fourth-order valence-corrected chi connectivity index (χ4v) is 4.12. The average Bonchev–Trinajstić information content (AvgIpc) is 2.74. The molecule has 0 unspecified atom stereocenters. The van der Waals surface area contributed by atoms with Gasteiger partial charge in [-0.25, -0.2) is 0 Å². The van der Waals surface area contributed by atoms with E-state index < -0.39 is 0 Å². The number of benzene rings is 1. The quantitative estimate of drug-likeness (QED) is 0.567. The number of fused-ring (bicyclic) bond motifs is 1. The molecule has 0 saturated carbocycles. The Morgan fingerprint density at radius 1 is 1.16 bits per heavy atom. The van der Waals surface area contributed by atoms with Gasteiger partial charge in [0.2, 0.25) is 0 Å². The van der Waals surface area contributed by atoms with Gasteiger partial charge in [-0.1, -0.05) is 0 Å². The normalized spacial score (nSPS) is 13.8. The standard InChI is InChI=1S/C20H25NO3S/c1-13(2)21-14(3)10-17(15(21)4)18(22)12-25-16-6-7-19-20(11-16)24-9-5-8-23-19/h6-7,10-11,13H,5,8-9,12H2,1-4H3. The number of aryl methyl sites for hydroxylation is 1. The highest BCUT2D eigenvalue weighted by atomic mass is 32.2. The second kappa shape index (κ2) is 7.56. The summed E-state index contributed by atoms with van der Waals surface area (Å²) >= 11 is 1.54. The maximum absolute atomic E-state index is 12.7. The Morgan fingerprint density at radius 3 is 2.56 bits per heavy atom. The zero-order valence-corrected chi connectivity index (χ0v) is 16.1. The van der Waals surface area contributed by atoms with Crippen LogP contribution >= 0.6 is 11.8 Å². The number of hydrogen-bond acceptors (Lipinski definition) is 4. The number of rotatable bonds is 5. The van der Waals surface area contributed by atoms with E-state index >= 15 is 0 Å². The molecule has 134 valence electrons. The summed E-state index contributed by atoms with van der Waals surface area (Å²) in [5, 5.41) is 0. The first-order valence-electron chi connectivity index (χ1n) is 8.71. The lowest BCUT2D eigenvalue weighted by molar-refractivity contribution is 0.102. The number of aromatic nitrogens is 1. The Kier molecular flexibility index (Phi) is 5.42. The number of nitrogens with zero attached hydrogens (tertiary/aromatic N) is 1. The summed E-state index contributed by atoms with van der Waals surface area (Å²) in [6.45, 7) is 9.71. The predicted molar refractivity (Wildman–Crippen MR) is 101 cm³/mol. The smallest absolute Gasteiger partial charge is 0.174 e. The number of hydrogen-bond donors (Lipinski definition) is 0. The van der Waals surface area contributed by atoms with Crippen LogP contribution in [0.25, 0.3) is 0 Å². The first-order valence-corrected chi connectivity index (χ1v) is 9.70. The highest BCUT2D eigenvalue weighted by Crippen LogP contribution is 2.34. The van der Waals surface area contributed by atoms with Crippen LogP contribution in [0.3, 0.4) is 0 Å². The van der Waals surface area contributed by atoms with Crippen LogP contribution in [-0.4, -0.2) is 29.3 Å². The second-order valence-corrected chi connectivity index (χ2v) is 7.67. The number of ether oxygens (including phenoxy) is 2. The van der Waals surface area contributed by atoms with Crippen molar-refractivity contribution in [1.82, 2.24) is 4.57 Å². The van der Waals surface area contributed by atoms with Gasteiger partial charge in [0.1, 0.15) is 0 Å². The lowest BCUT2D eigenvalue weighted by Crippen LogP contribution is -2.08. The van der Waals surface area contributed by atoms with Crippen LogP contribution in [0.4, 0.5) is 0 Å². The van der Waals surface area contributed by atoms with E-state index in [9.17, 15) is 4.79 Å². The molecule has 0 spiro atoms. The molecule has 0 N–H and O–H groups in total. The monoisotopic (exact) mass is 359 g/mol. The molecule has 0 aliphatic carbocycles. The molecule has 0 saturated heterocycles. The summed E-state index contributed by atoms with van der Waals surface area (Å²) in [5.74, 6) is 2.14. The van der Waals surface area contributed by atoms with Crippen LogP contribution in [0.15, 0.2) is 29.2 Å². The van der Waals surface area contributed by atoms with Crippen molar-refractivity contribution in [3.05, 3.63) is 41.2 Å². The lowest BCUT2D eigenvalue weighted by Gasteiger charge is -2.13. The third kappa shape index (κ3) is 3.87. The van der Waals surface area contributed by atoms with E-state index in [-0.39, 0.29) is 5.78 Å². The van der Waals surface area contributed by atoms with Crippen molar-refractivity contribution in [3.63, 3.8) is 0 Å². The molecule has 0 radical (unpaired) electrons. The molecule has 0 atom stereocenters. The van der Waals surface area contributed by atoms with Crippen molar-refractivity contribution >= 4 is 17.5 Å². The number of carbonyl (C=O) groups is 1. The highest BCUT2D eigenvalue weighted by molar-refractivity contribution is 8.00. The number of thioether (sulfide) groups is 1. The van der Waals surface area contributed by atoms with Crippen LogP contribution < -0.4 is 9.47 Å². The van der Waals surface area contributed by atoms with E-state index in [1.165, 1.54) is 0 Å². The largest absolute Gasteiger partial charge is 0.490 e. The Balaban J connectivity index is 1.71. The first-order chi connectivity index (χ1) is 12.0. The Hall–Kier alpha value is -1.88. The second-order valence-electron chi connectivity index (χ2n) is 6.62. The van der Waals surface area contributed by atoms with Crippen molar-refractivity contribution in [2.24, 2.45) is 0 Å². The summed E-state index contributed by atoms with van der Waals surface area (Å²) in [6, 6.07) is 8.25. The molecule has 2 aromatic rings. The minimum atomic E-state index is 0.164. The highest BCUT2D eigenvalue weighted by Gasteiger charge is 2.18. The molecule has 3 rings (SSSR count). The van der Waals surface area contributed by atoms with Gasteiger partial charge in [-0.3, -0.25) is 4.79 Å². The van der Waals surface area contributed by atoms with Gasteiger partial charge < -0.3 is 14.0 Å². The van der Waals surface area contributed by atoms with E-state index in [0.717, 1.165) is 39.8 Å². The van der Waals surface area contributed by atoms with E-state index in [1.807, 2.05) is 31.2 Å². The van der Waals surface area contributed by atoms with Gasteiger partial charge in [0.25, 0.3) is 0 Å². The molecule has 1 aromatic carbocycles. The molecule has 2 heterocycles. The molecule has 25 heavy (non-hydrogen) atoms. The van der Waals surface area contributed by atoms with Gasteiger partial charge in [0.05, 0.1) is 19.0 Å². The van der Waals surface area contributed by atoms with E-state index in [1.54, 1.807) is 11.8 Å². The number of Topliss-reactive ketones (excluding diaryl/α,β-unsaturated/α-hetero) is 1. The van der Waals surface area contributed by atoms with E-state index in [0.29, 0.717) is 25.0 Å². The summed E-state index contributed by atoms with van der Waals surface area (Å²) in [7, 11) is 0. The van der Waals surface area contributed by atoms with Gasteiger partial charge in [-0.05, 0) is 52.0 Å². The average molecular weight is 359 g/mol.